The Morgan fingerprint density at radius 2 is 1.80 bits per heavy atom. The van der Waals surface area contributed by atoms with Crippen molar-refractivity contribution in [1.82, 2.24) is 4.98 Å². The number of amides is 1. The van der Waals surface area contributed by atoms with Crippen LogP contribution < -0.4 is 5.32 Å². The lowest BCUT2D eigenvalue weighted by molar-refractivity contribution is -0.116. The minimum absolute atomic E-state index is 0.0378. The number of aromatic nitrogens is 1. The van der Waals surface area contributed by atoms with Gasteiger partial charge in [0, 0.05) is 28.8 Å². The van der Waals surface area contributed by atoms with Crippen LogP contribution in [0.15, 0.2) is 42.5 Å². The highest BCUT2D eigenvalue weighted by molar-refractivity contribution is 7.16. The van der Waals surface area contributed by atoms with Crippen molar-refractivity contribution in [3.05, 3.63) is 69.8 Å². The van der Waals surface area contributed by atoms with Gasteiger partial charge in [0.05, 0.1) is 5.69 Å². The molecule has 0 bridgehead atoms. The van der Waals surface area contributed by atoms with E-state index in [2.05, 4.69) is 17.2 Å². The Kier molecular flexibility index (Phi) is 7.11. The molecule has 0 unspecified atom stereocenters. The van der Waals surface area contributed by atoms with E-state index in [1.807, 2.05) is 32.0 Å². The van der Waals surface area contributed by atoms with Crippen molar-refractivity contribution in [3.63, 3.8) is 0 Å². The number of benzene rings is 2. The number of rotatable bonds is 8. The highest BCUT2D eigenvalue weighted by atomic mass is 32.1. The summed E-state index contributed by atoms with van der Waals surface area (Å²) in [6, 6.07) is 11.9. The number of hydrogen-bond donors (Lipinski definition) is 1. The molecule has 3 rings (SSSR count). The molecule has 1 N–H and O–H groups in total. The highest BCUT2D eigenvalue weighted by Gasteiger charge is 2.16. The van der Waals surface area contributed by atoms with Gasteiger partial charge >= 0.3 is 0 Å². The molecule has 3 aromatic rings. The molecular weight excluding hydrogens is 399 g/mol. The molecule has 30 heavy (non-hydrogen) atoms. The summed E-state index contributed by atoms with van der Waals surface area (Å²) in [6.07, 6.45) is 2.01. The number of anilines is 1. The average molecular weight is 425 g/mol. The summed E-state index contributed by atoms with van der Waals surface area (Å²) < 4.78 is 13.2. The second-order valence-corrected chi connectivity index (χ2v) is 8.42. The summed E-state index contributed by atoms with van der Waals surface area (Å²) in [4.78, 5) is 30.5. The van der Waals surface area contributed by atoms with Crippen molar-refractivity contribution < 1.29 is 14.0 Å². The Labute approximate surface area is 180 Å². The van der Waals surface area contributed by atoms with Crippen molar-refractivity contribution >= 4 is 28.2 Å². The minimum Gasteiger partial charge on any atom is -0.302 e. The fourth-order valence-electron chi connectivity index (χ4n) is 3.21. The number of aryl methyl sites for hydroxylation is 3. The van der Waals surface area contributed by atoms with Gasteiger partial charge in [0.25, 0.3) is 0 Å². The predicted molar refractivity (Wildman–Crippen MR) is 120 cm³/mol. The number of nitrogens with one attached hydrogen (secondary N) is 1. The Morgan fingerprint density at radius 3 is 2.50 bits per heavy atom. The number of nitrogens with zero attached hydrogens (tertiary/aromatic N) is 1. The van der Waals surface area contributed by atoms with Gasteiger partial charge in [-0.25, -0.2) is 9.37 Å². The lowest BCUT2D eigenvalue weighted by atomic mass is 9.99. The third-order valence-corrected chi connectivity index (χ3v) is 5.84. The van der Waals surface area contributed by atoms with Crippen LogP contribution in [0.1, 0.15) is 52.5 Å². The van der Waals surface area contributed by atoms with Gasteiger partial charge in [0.1, 0.15) is 5.82 Å². The first-order valence-electron chi connectivity index (χ1n) is 10.0. The van der Waals surface area contributed by atoms with Gasteiger partial charge in [-0.05, 0) is 56.2 Å². The minimum atomic E-state index is -0.298. The molecule has 0 aliphatic carbocycles. The van der Waals surface area contributed by atoms with Crippen LogP contribution in [-0.2, 0) is 11.2 Å². The molecule has 4 nitrogen and oxygen atoms in total. The zero-order valence-electron chi connectivity index (χ0n) is 17.4. The van der Waals surface area contributed by atoms with Crippen LogP contribution >= 0.6 is 11.3 Å². The Bertz CT molecular complexity index is 1060. The number of carbonyl (C=O) groups excluding carboxylic acids is 2. The number of thiazole rings is 1. The lowest BCUT2D eigenvalue weighted by Crippen LogP contribution is -2.13. The van der Waals surface area contributed by atoms with E-state index in [0.29, 0.717) is 10.7 Å². The molecule has 0 radical (unpaired) electrons. The highest BCUT2D eigenvalue weighted by Crippen LogP contribution is 2.32. The molecule has 1 heterocycles. The largest absolute Gasteiger partial charge is 0.302 e. The normalized spacial score (nSPS) is 10.8. The molecule has 2 aromatic carbocycles. The number of halogens is 1. The fourth-order valence-corrected chi connectivity index (χ4v) is 4.32. The first kappa shape index (κ1) is 21.8. The Balaban J connectivity index is 1.67. The van der Waals surface area contributed by atoms with Gasteiger partial charge in [0.15, 0.2) is 10.9 Å². The van der Waals surface area contributed by atoms with Gasteiger partial charge in [0.2, 0.25) is 5.91 Å². The summed E-state index contributed by atoms with van der Waals surface area (Å²) in [5, 5.41) is 3.32. The van der Waals surface area contributed by atoms with Gasteiger partial charge in [-0.3, -0.25) is 9.59 Å². The van der Waals surface area contributed by atoms with Gasteiger partial charge in [-0.15, -0.1) is 11.3 Å². The average Bonchev–Trinajstić information content (AvgIpc) is 3.11. The van der Waals surface area contributed by atoms with E-state index in [9.17, 15) is 14.0 Å². The standard InChI is InChI=1S/C24H25FN2O2S/c1-4-5-21-23(17-8-10-18(25)11-9-17)27-24(30-21)26-22(29)13-12-20(28)19-14-15(2)6-7-16(19)3/h6-11,14H,4-5,12-13H2,1-3H3,(H,26,27,29). The molecule has 0 spiro atoms. The molecule has 0 aliphatic heterocycles. The molecule has 0 aliphatic rings. The topological polar surface area (TPSA) is 59.1 Å². The monoisotopic (exact) mass is 424 g/mol. The molecule has 6 heteroatoms. The molecule has 0 saturated carbocycles. The molecule has 156 valence electrons. The van der Waals surface area contributed by atoms with E-state index in [1.165, 1.54) is 23.5 Å². The molecule has 1 aromatic heterocycles. The summed E-state index contributed by atoms with van der Waals surface area (Å²) in [6.45, 7) is 5.91. The van der Waals surface area contributed by atoms with Crippen molar-refractivity contribution in [2.24, 2.45) is 0 Å². The molecule has 0 fully saturated rings. The Hall–Kier alpha value is -2.86. The fraction of sp³-hybridized carbons (Fsp3) is 0.292. The molecule has 1 amide bonds. The maximum Gasteiger partial charge on any atom is 0.226 e. The second-order valence-electron chi connectivity index (χ2n) is 7.34. The first-order chi connectivity index (χ1) is 14.4. The van der Waals surface area contributed by atoms with Crippen LogP contribution in [0.25, 0.3) is 11.3 Å². The number of carbonyl (C=O) groups is 2. The van der Waals surface area contributed by atoms with Crippen LogP contribution in [0.5, 0.6) is 0 Å². The van der Waals surface area contributed by atoms with E-state index >= 15 is 0 Å². The zero-order chi connectivity index (χ0) is 21.7. The number of hydrogen-bond acceptors (Lipinski definition) is 4. The SMILES string of the molecule is CCCc1sc(NC(=O)CCC(=O)c2cc(C)ccc2C)nc1-c1ccc(F)cc1. The molecule has 0 saturated heterocycles. The second kappa shape index (κ2) is 9.76. The maximum absolute atomic E-state index is 13.2. The van der Waals surface area contributed by atoms with Crippen LogP contribution in [0.3, 0.4) is 0 Å². The van der Waals surface area contributed by atoms with Crippen molar-refractivity contribution in [2.75, 3.05) is 5.32 Å². The Morgan fingerprint density at radius 1 is 1.07 bits per heavy atom. The van der Waals surface area contributed by atoms with Crippen LogP contribution in [0.4, 0.5) is 9.52 Å². The molecule has 0 atom stereocenters. The predicted octanol–water partition coefficient (Wildman–Crippen LogP) is 6.12. The summed E-state index contributed by atoms with van der Waals surface area (Å²) in [5.74, 6) is -0.576. The van der Waals surface area contributed by atoms with Gasteiger partial charge < -0.3 is 5.32 Å². The summed E-state index contributed by atoms with van der Waals surface area (Å²) in [7, 11) is 0. The third-order valence-electron chi connectivity index (χ3n) is 4.81. The van der Waals surface area contributed by atoms with E-state index in [4.69, 9.17) is 0 Å². The third kappa shape index (κ3) is 5.39. The number of ketones is 1. The first-order valence-corrected chi connectivity index (χ1v) is 10.8. The quantitative estimate of drug-likeness (QED) is 0.443. The van der Waals surface area contributed by atoms with Crippen molar-refractivity contribution in [2.45, 2.75) is 46.5 Å². The van der Waals surface area contributed by atoms with Gasteiger partial charge in [-0.1, -0.05) is 31.0 Å². The van der Waals surface area contributed by atoms with E-state index in [1.54, 1.807) is 12.1 Å². The van der Waals surface area contributed by atoms with Crippen molar-refractivity contribution in [1.29, 1.82) is 0 Å². The summed E-state index contributed by atoms with van der Waals surface area (Å²) in [5.41, 5.74) is 4.19. The smallest absolute Gasteiger partial charge is 0.226 e. The van der Waals surface area contributed by atoms with Crippen LogP contribution in [0, 0.1) is 19.7 Å². The van der Waals surface area contributed by atoms with Crippen molar-refractivity contribution in [3.8, 4) is 11.3 Å². The van der Waals surface area contributed by atoms with Gasteiger partial charge in [-0.2, -0.15) is 0 Å². The zero-order valence-corrected chi connectivity index (χ0v) is 18.2. The lowest BCUT2D eigenvalue weighted by Gasteiger charge is -2.06. The van der Waals surface area contributed by atoms with Crippen LogP contribution in [-0.4, -0.2) is 16.7 Å². The number of Topliss-reactive ketones (excluding diaryl/α,β-unsaturated/α-hetero) is 1. The van der Waals surface area contributed by atoms with E-state index in [0.717, 1.165) is 40.1 Å². The maximum atomic E-state index is 13.2. The van der Waals surface area contributed by atoms with E-state index in [-0.39, 0.29) is 30.3 Å². The van der Waals surface area contributed by atoms with E-state index < -0.39 is 0 Å². The van der Waals surface area contributed by atoms with Crippen LogP contribution in [0.2, 0.25) is 0 Å². The summed E-state index contributed by atoms with van der Waals surface area (Å²) >= 11 is 1.42. The molecular formula is C24H25FN2O2S.